The summed E-state index contributed by atoms with van der Waals surface area (Å²) in [6.07, 6.45) is 1.94. The van der Waals surface area contributed by atoms with Gasteiger partial charge in [-0.05, 0) is 24.0 Å². The lowest BCUT2D eigenvalue weighted by atomic mass is 10.1. The predicted octanol–water partition coefficient (Wildman–Crippen LogP) is 4.13. The first-order valence-electron chi connectivity index (χ1n) is 11.2. The third-order valence-corrected chi connectivity index (χ3v) is 6.32. The molecule has 2 amide bonds. The molecule has 2 N–H and O–H groups in total. The molecule has 36 heavy (non-hydrogen) atoms. The number of carbonyl (C=O) groups is 2. The topological polar surface area (TPSA) is 106 Å². The Morgan fingerprint density at radius 3 is 2.25 bits per heavy atom. The fourth-order valence-electron chi connectivity index (χ4n) is 4.07. The van der Waals surface area contributed by atoms with Gasteiger partial charge in [0.2, 0.25) is 0 Å². The average molecular weight is 499 g/mol. The molecule has 0 atom stereocenters. The highest BCUT2D eigenvalue weighted by molar-refractivity contribution is 7.97. The summed E-state index contributed by atoms with van der Waals surface area (Å²) >= 11 is 1.56. The molecule has 0 aliphatic rings. The molecule has 8 nitrogen and oxygen atoms in total. The number of nitrogens with zero attached hydrogens (tertiary/aromatic N) is 2. The van der Waals surface area contributed by atoms with Crippen LogP contribution in [0.3, 0.4) is 0 Å². The Kier molecular flexibility index (Phi) is 6.55. The first-order chi connectivity index (χ1) is 17.6. The number of thioether (sulfide) groups is 1. The maximum Gasteiger partial charge on any atom is 0.305 e. The van der Waals surface area contributed by atoms with Gasteiger partial charge in [-0.15, -0.1) is 0 Å². The molecule has 0 aliphatic carbocycles. The molecule has 2 heterocycles. The fraction of sp³-hybridized carbons (Fsp3) is 0.111. The number of amides is 2. The van der Waals surface area contributed by atoms with E-state index in [1.165, 1.54) is 4.68 Å². The summed E-state index contributed by atoms with van der Waals surface area (Å²) in [5.41, 5.74) is 6.80. The Hall–Kier alpha value is -4.37. The Morgan fingerprint density at radius 1 is 0.861 bits per heavy atom. The van der Waals surface area contributed by atoms with Crippen LogP contribution >= 0.6 is 11.8 Å². The molecule has 0 aliphatic heterocycles. The van der Waals surface area contributed by atoms with Crippen LogP contribution < -0.4 is 16.4 Å². The van der Waals surface area contributed by atoms with Crippen molar-refractivity contribution in [3.63, 3.8) is 0 Å². The van der Waals surface area contributed by atoms with Gasteiger partial charge < -0.3 is 4.42 Å². The van der Waals surface area contributed by atoms with Gasteiger partial charge in [0.25, 0.3) is 11.5 Å². The third kappa shape index (κ3) is 4.48. The van der Waals surface area contributed by atoms with Gasteiger partial charge in [-0.2, -0.15) is 16.9 Å². The third-order valence-electron chi connectivity index (χ3n) is 5.74. The molecule has 2 aromatic heterocycles. The summed E-state index contributed by atoms with van der Waals surface area (Å²) in [5.74, 6) is -0.517. The van der Waals surface area contributed by atoms with E-state index < -0.39 is 11.8 Å². The van der Waals surface area contributed by atoms with Gasteiger partial charge in [0.05, 0.1) is 11.9 Å². The van der Waals surface area contributed by atoms with Gasteiger partial charge in [0.15, 0.2) is 11.5 Å². The van der Waals surface area contributed by atoms with Gasteiger partial charge >= 0.3 is 5.91 Å². The van der Waals surface area contributed by atoms with Gasteiger partial charge in [-0.25, -0.2) is 4.68 Å². The molecular weight excluding hydrogens is 476 g/mol. The number of carbonyl (C=O) groups excluding carboxylic acids is 2. The van der Waals surface area contributed by atoms with Crippen LogP contribution in [-0.2, 0) is 12.3 Å². The van der Waals surface area contributed by atoms with Gasteiger partial charge in [-0.1, -0.05) is 66.7 Å². The van der Waals surface area contributed by atoms with Crippen LogP contribution in [0.2, 0.25) is 0 Å². The van der Waals surface area contributed by atoms with Crippen LogP contribution in [0.25, 0.3) is 21.7 Å². The summed E-state index contributed by atoms with van der Waals surface area (Å²) in [6.45, 7) is 0.203. The summed E-state index contributed by atoms with van der Waals surface area (Å²) in [5, 5.41) is 5.95. The number of hydrazine groups is 1. The molecule has 0 bridgehead atoms. The van der Waals surface area contributed by atoms with Crippen molar-refractivity contribution in [1.29, 1.82) is 0 Å². The van der Waals surface area contributed by atoms with E-state index in [1.54, 1.807) is 42.1 Å². The van der Waals surface area contributed by atoms with Crippen molar-refractivity contribution in [1.82, 2.24) is 20.6 Å². The normalized spacial score (nSPS) is 11.0. The van der Waals surface area contributed by atoms with Crippen LogP contribution in [0.4, 0.5) is 0 Å². The molecule has 0 saturated carbocycles. The minimum absolute atomic E-state index is 0.0235. The van der Waals surface area contributed by atoms with Crippen LogP contribution in [0.5, 0.6) is 0 Å². The maximum absolute atomic E-state index is 13.2. The van der Waals surface area contributed by atoms with E-state index >= 15 is 0 Å². The number of fused-ring (bicyclic) bond motifs is 2. The molecule has 5 aromatic rings. The second-order valence-corrected chi connectivity index (χ2v) is 8.96. The zero-order chi connectivity index (χ0) is 25.1. The van der Waals surface area contributed by atoms with Crippen molar-refractivity contribution >= 4 is 45.3 Å². The monoisotopic (exact) mass is 498 g/mol. The lowest BCUT2D eigenvalue weighted by Crippen LogP contribution is -2.43. The highest BCUT2D eigenvalue weighted by Gasteiger charge is 2.22. The first kappa shape index (κ1) is 23.4. The number of aromatic nitrogens is 2. The molecule has 0 radical (unpaired) electrons. The SMILES string of the molecule is CSCc1c(C(=O)NNC(=O)c2nn(Cc3ccccc3)c(=O)c3ccccc23)oc2ccccc12. The number of nitrogens with one attached hydrogen (secondary N) is 2. The lowest BCUT2D eigenvalue weighted by Gasteiger charge is -2.12. The summed E-state index contributed by atoms with van der Waals surface area (Å²) < 4.78 is 7.04. The van der Waals surface area contributed by atoms with Crippen molar-refractivity contribution in [2.24, 2.45) is 0 Å². The summed E-state index contributed by atoms with van der Waals surface area (Å²) in [7, 11) is 0. The van der Waals surface area contributed by atoms with E-state index in [-0.39, 0.29) is 23.6 Å². The second-order valence-electron chi connectivity index (χ2n) is 8.09. The van der Waals surface area contributed by atoms with E-state index in [4.69, 9.17) is 4.42 Å². The molecule has 3 aromatic carbocycles. The van der Waals surface area contributed by atoms with E-state index in [2.05, 4.69) is 16.0 Å². The predicted molar refractivity (Wildman–Crippen MR) is 140 cm³/mol. The molecule has 5 rings (SSSR count). The van der Waals surface area contributed by atoms with Gasteiger partial charge in [-0.3, -0.25) is 25.2 Å². The summed E-state index contributed by atoms with van der Waals surface area (Å²) in [6, 6.07) is 23.5. The minimum Gasteiger partial charge on any atom is -0.451 e. The Labute approximate surface area is 210 Å². The molecular formula is C27H22N4O4S. The Morgan fingerprint density at radius 2 is 1.50 bits per heavy atom. The Balaban J connectivity index is 1.44. The van der Waals surface area contributed by atoms with Crippen molar-refractivity contribution in [2.45, 2.75) is 12.3 Å². The largest absolute Gasteiger partial charge is 0.451 e. The number of hydrogen-bond acceptors (Lipinski definition) is 6. The maximum atomic E-state index is 13.2. The molecule has 0 saturated heterocycles. The quantitative estimate of drug-likeness (QED) is 0.341. The highest BCUT2D eigenvalue weighted by Crippen LogP contribution is 2.28. The van der Waals surface area contributed by atoms with Crippen LogP contribution in [-0.4, -0.2) is 27.9 Å². The van der Waals surface area contributed by atoms with Crippen molar-refractivity contribution in [3.8, 4) is 0 Å². The summed E-state index contributed by atoms with van der Waals surface area (Å²) in [4.78, 5) is 39.1. The lowest BCUT2D eigenvalue weighted by molar-refractivity contribution is 0.0829. The van der Waals surface area contributed by atoms with Crippen molar-refractivity contribution < 1.29 is 14.0 Å². The standard InChI is InChI=1S/C27H22N4O4S/c1-36-16-21-18-11-7-8-14-22(18)35-24(21)26(33)29-28-25(32)23-19-12-5-6-13-20(19)27(34)31(30-23)15-17-9-3-2-4-10-17/h2-14H,15-16H2,1H3,(H,28,32)(H,29,33). The first-order valence-corrected chi connectivity index (χ1v) is 12.6. The van der Waals surface area contributed by atoms with Gasteiger partial charge in [0.1, 0.15) is 5.58 Å². The van der Waals surface area contributed by atoms with E-state index in [1.807, 2.05) is 54.8 Å². The van der Waals surface area contributed by atoms with Gasteiger partial charge in [0, 0.05) is 22.1 Å². The number of rotatable bonds is 6. The van der Waals surface area contributed by atoms with Crippen LogP contribution in [0, 0.1) is 0 Å². The molecule has 0 spiro atoms. The van der Waals surface area contributed by atoms with Crippen LogP contribution in [0.15, 0.2) is 88.1 Å². The molecule has 180 valence electrons. The smallest absolute Gasteiger partial charge is 0.305 e. The average Bonchev–Trinajstić information content (AvgIpc) is 3.28. The number of hydrogen-bond donors (Lipinski definition) is 2. The molecule has 9 heteroatoms. The Bertz CT molecular complexity index is 1640. The number of furan rings is 1. The van der Waals surface area contributed by atoms with Crippen molar-refractivity contribution in [2.75, 3.05) is 6.26 Å². The van der Waals surface area contributed by atoms with E-state index in [0.717, 1.165) is 16.5 Å². The molecule has 0 unspecified atom stereocenters. The van der Waals surface area contributed by atoms with Crippen LogP contribution in [0.1, 0.15) is 32.2 Å². The minimum atomic E-state index is -0.649. The van der Waals surface area contributed by atoms with E-state index in [9.17, 15) is 14.4 Å². The highest BCUT2D eigenvalue weighted by atomic mass is 32.2. The zero-order valence-corrected chi connectivity index (χ0v) is 20.2. The second kappa shape index (κ2) is 10.1. The number of para-hydroxylation sites is 1. The van der Waals surface area contributed by atoms with Crippen molar-refractivity contribution in [3.05, 3.63) is 112 Å². The number of benzene rings is 3. The van der Waals surface area contributed by atoms with E-state index in [0.29, 0.717) is 22.1 Å². The molecule has 0 fully saturated rings. The zero-order valence-electron chi connectivity index (χ0n) is 19.4. The fourth-order valence-corrected chi connectivity index (χ4v) is 4.64.